The van der Waals surface area contributed by atoms with Crippen LogP contribution in [0.15, 0.2) is 64.9 Å². The molecule has 0 fully saturated rings. The van der Waals surface area contributed by atoms with Crippen LogP contribution in [0.5, 0.6) is 0 Å². The largest absolute Gasteiger partial charge is 0.298 e. The maximum atomic E-state index is 12.7. The molecular formula is C22H17ClN4O2S. The Morgan fingerprint density at radius 3 is 2.67 bits per heavy atom. The summed E-state index contributed by atoms with van der Waals surface area (Å²) in [4.78, 5) is 34.0. The van der Waals surface area contributed by atoms with E-state index in [9.17, 15) is 9.59 Å². The second kappa shape index (κ2) is 8.22. The van der Waals surface area contributed by atoms with Crippen LogP contribution in [0.25, 0.3) is 17.1 Å². The molecule has 0 aliphatic carbocycles. The fourth-order valence-corrected chi connectivity index (χ4v) is 3.72. The first-order valence-electron chi connectivity index (χ1n) is 9.11. The van der Waals surface area contributed by atoms with E-state index in [4.69, 9.17) is 11.6 Å². The lowest BCUT2D eigenvalue weighted by Gasteiger charge is -2.08. The normalized spacial score (nSPS) is 10.8. The van der Waals surface area contributed by atoms with E-state index < -0.39 is 0 Å². The molecule has 0 spiro atoms. The number of nitrogens with zero attached hydrogens (tertiary/aromatic N) is 3. The van der Waals surface area contributed by atoms with Crippen LogP contribution in [0.4, 0.5) is 5.13 Å². The number of amides is 1. The van der Waals surface area contributed by atoms with E-state index in [2.05, 4.69) is 15.3 Å². The molecule has 1 aromatic carbocycles. The number of anilines is 1. The number of hydrogen-bond donors (Lipinski definition) is 1. The first-order valence-corrected chi connectivity index (χ1v) is 10.4. The number of nitrogens with one attached hydrogen (secondary N) is 1. The number of halogens is 1. The van der Waals surface area contributed by atoms with Crippen molar-refractivity contribution >= 4 is 34.0 Å². The molecule has 8 heteroatoms. The van der Waals surface area contributed by atoms with Gasteiger partial charge in [0.1, 0.15) is 5.69 Å². The van der Waals surface area contributed by atoms with Crippen molar-refractivity contribution in [3.63, 3.8) is 0 Å². The number of carbonyl (C=O) groups excluding carboxylic acids is 1. The average Bonchev–Trinajstić information content (AvgIpc) is 3.18. The van der Waals surface area contributed by atoms with Gasteiger partial charge in [-0.3, -0.25) is 24.5 Å². The zero-order valence-electron chi connectivity index (χ0n) is 16.2. The summed E-state index contributed by atoms with van der Waals surface area (Å²) < 4.78 is 1.38. The quantitative estimate of drug-likeness (QED) is 0.494. The van der Waals surface area contributed by atoms with Gasteiger partial charge in [-0.1, -0.05) is 23.7 Å². The number of aryl methyl sites for hydroxylation is 2. The smallest absolute Gasteiger partial charge is 0.258 e. The zero-order chi connectivity index (χ0) is 21.3. The first kappa shape index (κ1) is 20.0. The Kier molecular flexibility index (Phi) is 5.48. The van der Waals surface area contributed by atoms with E-state index >= 15 is 0 Å². The predicted octanol–water partition coefficient (Wildman–Crippen LogP) is 4.88. The van der Waals surface area contributed by atoms with Gasteiger partial charge in [-0.15, -0.1) is 11.3 Å². The average molecular weight is 437 g/mol. The highest BCUT2D eigenvalue weighted by Crippen LogP contribution is 2.25. The summed E-state index contributed by atoms with van der Waals surface area (Å²) in [5.74, 6) is -0.361. The van der Waals surface area contributed by atoms with Gasteiger partial charge in [-0.05, 0) is 49.7 Å². The van der Waals surface area contributed by atoms with Gasteiger partial charge in [-0.2, -0.15) is 0 Å². The highest BCUT2D eigenvalue weighted by Gasteiger charge is 2.13. The number of hydrogen-bond acceptors (Lipinski definition) is 5. The minimum absolute atomic E-state index is 0.258. The van der Waals surface area contributed by atoms with Crippen LogP contribution >= 0.6 is 22.9 Å². The van der Waals surface area contributed by atoms with Crippen molar-refractivity contribution in [2.45, 2.75) is 13.8 Å². The number of aromatic nitrogens is 3. The molecule has 30 heavy (non-hydrogen) atoms. The van der Waals surface area contributed by atoms with Gasteiger partial charge in [0.05, 0.1) is 16.9 Å². The van der Waals surface area contributed by atoms with E-state index in [0.717, 1.165) is 17.0 Å². The van der Waals surface area contributed by atoms with Crippen LogP contribution in [-0.2, 0) is 0 Å². The van der Waals surface area contributed by atoms with E-state index in [1.807, 2.05) is 31.4 Å². The van der Waals surface area contributed by atoms with Gasteiger partial charge < -0.3 is 0 Å². The van der Waals surface area contributed by atoms with Crippen LogP contribution < -0.4 is 10.9 Å². The molecule has 0 aliphatic rings. The lowest BCUT2D eigenvalue weighted by atomic mass is 10.2. The van der Waals surface area contributed by atoms with Crippen molar-refractivity contribution < 1.29 is 4.79 Å². The molecule has 0 aliphatic heterocycles. The summed E-state index contributed by atoms with van der Waals surface area (Å²) in [7, 11) is 0. The number of carbonyl (C=O) groups is 1. The highest BCUT2D eigenvalue weighted by atomic mass is 35.5. The number of benzene rings is 1. The summed E-state index contributed by atoms with van der Waals surface area (Å²) in [5, 5.41) is 5.59. The molecular weight excluding hydrogens is 420 g/mol. The molecule has 4 aromatic rings. The summed E-state index contributed by atoms with van der Waals surface area (Å²) >= 11 is 7.34. The summed E-state index contributed by atoms with van der Waals surface area (Å²) in [6.07, 6.45) is 1.49. The topological polar surface area (TPSA) is 76.9 Å². The number of rotatable bonds is 4. The third-order valence-electron chi connectivity index (χ3n) is 4.60. The molecule has 0 bridgehead atoms. The Morgan fingerprint density at radius 1 is 1.07 bits per heavy atom. The molecule has 0 saturated heterocycles. The van der Waals surface area contributed by atoms with Gasteiger partial charge in [0.2, 0.25) is 0 Å². The Labute approximate surface area is 181 Å². The van der Waals surface area contributed by atoms with E-state index in [-0.39, 0.29) is 11.5 Å². The highest BCUT2D eigenvalue weighted by molar-refractivity contribution is 7.14. The fourth-order valence-electron chi connectivity index (χ4n) is 2.84. The maximum Gasteiger partial charge on any atom is 0.258 e. The third-order valence-corrected chi connectivity index (χ3v) is 5.59. The van der Waals surface area contributed by atoms with Crippen molar-refractivity contribution in [1.82, 2.24) is 14.5 Å². The van der Waals surface area contributed by atoms with Gasteiger partial charge >= 0.3 is 0 Å². The van der Waals surface area contributed by atoms with Crippen molar-refractivity contribution in [2.75, 3.05) is 5.32 Å². The Hall–Kier alpha value is -3.29. The fraction of sp³-hybridized carbons (Fsp3) is 0.0909. The first-order chi connectivity index (χ1) is 14.4. The van der Waals surface area contributed by atoms with Gasteiger partial charge in [0.15, 0.2) is 5.13 Å². The Morgan fingerprint density at radius 2 is 1.90 bits per heavy atom. The second-order valence-corrected chi connectivity index (χ2v) is 7.99. The molecule has 0 atom stereocenters. The maximum absolute atomic E-state index is 12.7. The molecule has 3 heterocycles. The molecule has 3 aromatic heterocycles. The Balaban J connectivity index is 1.57. The Bertz CT molecular complexity index is 1310. The second-order valence-electron chi connectivity index (χ2n) is 6.70. The van der Waals surface area contributed by atoms with Crippen LogP contribution in [0.1, 0.15) is 21.6 Å². The minimum atomic E-state index is -0.361. The van der Waals surface area contributed by atoms with E-state index in [0.29, 0.717) is 27.1 Å². The minimum Gasteiger partial charge on any atom is -0.298 e. The van der Waals surface area contributed by atoms with Crippen LogP contribution in [0.3, 0.4) is 0 Å². The standard InChI is InChI=1S/C22H17ClN4O2S/c1-13-6-8-18(24-14(13)2)19-12-30-22(25-19)26-21(29)15-7-9-20(28)27(11-15)17-5-3-4-16(23)10-17/h3-12H,1-2H3,(H,25,26,29). The molecule has 150 valence electrons. The third kappa shape index (κ3) is 4.17. The van der Waals surface area contributed by atoms with E-state index in [1.165, 1.54) is 34.2 Å². The lowest BCUT2D eigenvalue weighted by Crippen LogP contribution is -2.20. The molecule has 0 saturated carbocycles. The summed E-state index contributed by atoms with van der Waals surface area (Å²) in [6, 6.07) is 13.6. The SMILES string of the molecule is Cc1ccc(-c2csc(NC(=O)c3ccc(=O)n(-c4cccc(Cl)c4)c3)n2)nc1C. The zero-order valence-corrected chi connectivity index (χ0v) is 17.8. The molecule has 6 nitrogen and oxygen atoms in total. The molecule has 4 rings (SSSR count). The summed E-state index contributed by atoms with van der Waals surface area (Å²) in [5.41, 5.74) is 4.15. The van der Waals surface area contributed by atoms with Crippen molar-refractivity contribution in [1.29, 1.82) is 0 Å². The molecule has 0 unspecified atom stereocenters. The van der Waals surface area contributed by atoms with Crippen molar-refractivity contribution in [2.24, 2.45) is 0 Å². The number of pyridine rings is 2. The molecule has 1 N–H and O–H groups in total. The van der Waals surface area contributed by atoms with Crippen molar-refractivity contribution in [3.8, 4) is 17.1 Å². The van der Waals surface area contributed by atoms with Gasteiger partial charge in [-0.25, -0.2) is 4.98 Å². The van der Waals surface area contributed by atoms with Gasteiger partial charge in [0, 0.05) is 28.4 Å². The van der Waals surface area contributed by atoms with Crippen LogP contribution in [0, 0.1) is 13.8 Å². The van der Waals surface area contributed by atoms with E-state index in [1.54, 1.807) is 24.3 Å². The monoisotopic (exact) mass is 436 g/mol. The molecule has 1 amide bonds. The van der Waals surface area contributed by atoms with Crippen LogP contribution in [-0.4, -0.2) is 20.4 Å². The molecule has 0 radical (unpaired) electrons. The van der Waals surface area contributed by atoms with Gasteiger partial charge in [0.25, 0.3) is 11.5 Å². The lowest BCUT2D eigenvalue weighted by molar-refractivity contribution is 0.102. The predicted molar refractivity (Wildman–Crippen MR) is 120 cm³/mol. The number of thiazole rings is 1. The van der Waals surface area contributed by atoms with Crippen LogP contribution in [0.2, 0.25) is 5.02 Å². The van der Waals surface area contributed by atoms with Crippen molar-refractivity contribution in [3.05, 3.63) is 92.3 Å². The summed E-state index contributed by atoms with van der Waals surface area (Å²) in [6.45, 7) is 3.95.